The Hall–Kier alpha value is -3.73. The minimum absolute atomic E-state index is 0.0605. The third-order valence-electron chi connectivity index (χ3n) is 4.88. The van der Waals surface area contributed by atoms with Gasteiger partial charge in [0.25, 0.3) is 11.6 Å². The Bertz CT molecular complexity index is 1300. The van der Waals surface area contributed by atoms with Gasteiger partial charge in [0, 0.05) is 6.54 Å². The number of halogens is 3. The fourth-order valence-electron chi connectivity index (χ4n) is 3.36. The number of carbonyl (C=O) groups excluding carboxylic acids is 2. The number of rotatable bonds is 7. The van der Waals surface area contributed by atoms with E-state index in [1.807, 2.05) is 11.4 Å². The number of nitrogens with zero attached hydrogens (tertiary/aromatic N) is 3. The lowest BCUT2D eigenvalue weighted by molar-refractivity contribution is -0.164. The molecule has 34 heavy (non-hydrogen) atoms. The largest absolute Gasteiger partial charge is 0.452 e. The number of aromatic nitrogens is 2. The van der Waals surface area contributed by atoms with Crippen LogP contribution >= 0.6 is 11.3 Å². The molecule has 0 radical (unpaired) electrons. The summed E-state index contributed by atoms with van der Waals surface area (Å²) >= 11 is 1.40. The number of amides is 1. The van der Waals surface area contributed by atoms with E-state index < -0.39 is 31.2 Å². The van der Waals surface area contributed by atoms with E-state index in [9.17, 15) is 22.8 Å². The molecule has 0 unspecified atom stereocenters. The normalized spacial score (nSPS) is 11.5. The monoisotopic (exact) mass is 489 g/mol. The van der Waals surface area contributed by atoms with E-state index in [1.165, 1.54) is 17.4 Å². The van der Waals surface area contributed by atoms with Crippen molar-refractivity contribution >= 4 is 34.3 Å². The highest BCUT2D eigenvalue weighted by molar-refractivity contribution is 7.13. The summed E-state index contributed by atoms with van der Waals surface area (Å²) in [5.41, 5.74) is 1.53. The second-order valence-corrected chi connectivity index (χ2v) is 8.35. The minimum Gasteiger partial charge on any atom is -0.452 e. The van der Waals surface area contributed by atoms with Crippen LogP contribution in [-0.4, -0.2) is 46.2 Å². The van der Waals surface area contributed by atoms with Crippen LogP contribution in [0.3, 0.4) is 0 Å². The van der Waals surface area contributed by atoms with E-state index in [1.54, 1.807) is 43.3 Å². The lowest BCUT2D eigenvalue weighted by Gasteiger charge is -2.24. The van der Waals surface area contributed by atoms with Crippen LogP contribution in [-0.2, 0) is 16.1 Å². The Labute approximate surface area is 195 Å². The van der Waals surface area contributed by atoms with Gasteiger partial charge in [-0.15, -0.1) is 11.3 Å². The van der Waals surface area contributed by atoms with Gasteiger partial charge in [-0.05, 0) is 30.0 Å². The molecule has 0 aliphatic carbocycles. The summed E-state index contributed by atoms with van der Waals surface area (Å²) in [4.78, 5) is 31.2. The van der Waals surface area contributed by atoms with E-state index in [-0.39, 0.29) is 17.8 Å². The molecule has 11 heteroatoms. The first-order valence-corrected chi connectivity index (χ1v) is 11.0. The number of hydrogen-bond acceptors (Lipinski definition) is 7. The van der Waals surface area contributed by atoms with Crippen molar-refractivity contribution in [1.29, 1.82) is 0 Å². The van der Waals surface area contributed by atoms with Gasteiger partial charge in [-0.25, -0.2) is 9.78 Å². The van der Waals surface area contributed by atoms with Crippen molar-refractivity contribution in [2.45, 2.75) is 19.6 Å². The van der Waals surface area contributed by atoms with Crippen molar-refractivity contribution < 1.29 is 32.0 Å². The lowest BCUT2D eigenvalue weighted by Crippen LogP contribution is -2.40. The summed E-state index contributed by atoms with van der Waals surface area (Å²) in [5, 5.41) is 5.98. The number of benzene rings is 1. The molecule has 176 valence electrons. The van der Waals surface area contributed by atoms with Gasteiger partial charge < -0.3 is 14.2 Å². The first kappa shape index (κ1) is 23.4. The van der Waals surface area contributed by atoms with Crippen molar-refractivity contribution in [2.75, 3.05) is 13.2 Å². The number of pyridine rings is 1. The number of fused-ring (bicyclic) bond motifs is 1. The molecular formula is C23H18F3N3O4S. The van der Waals surface area contributed by atoms with Crippen LogP contribution in [0.5, 0.6) is 0 Å². The third kappa shape index (κ3) is 5.42. The average molecular weight is 489 g/mol. The molecule has 4 rings (SSSR count). The molecule has 3 heterocycles. The molecule has 0 saturated carbocycles. The zero-order valence-electron chi connectivity index (χ0n) is 17.8. The third-order valence-corrected chi connectivity index (χ3v) is 5.77. The highest BCUT2D eigenvalue weighted by atomic mass is 32.1. The number of esters is 1. The molecule has 0 fully saturated rings. The molecule has 1 aromatic carbocycles. The summed E-state index contributed by atoms with van der Waals surface area (Å²) in [6, 6.07) is 13.4. The van der Waals surface area contributed by atoms with Crippen LogP contribution in [0.1, 0.15) is 21.6 Å². The molecule has 0 spiro atoms. The second-order valence-electron chi connectivity index (χ2n) is 7.41. The van der Waals surface area contributed by atoms with Gasteiger partial charge in [0.1, 0.15) is 6.54 Å². The maximum atomic E-state index is 13.1. The zero-order chi connectivity index (χ0) is 24.3. The molecular weight excluding hydrogens is 471 g/mol. The van der Waals surface area contributed by atoms with Crippen LogP contribution in [0, 0.1) is 6.92 Å². The first-order chi connectivity index (χ1) is 16.2. The number of aryl methyl sites for hydroxylation is 1. The van der Waals surface area contributed by atoms with Crippen LogP contribution in [0.15, 0.2) is 58.4 Å². The fraction of sp³-hybridized carbons (Fsp3) is 0.217. The average Bonchev–Trinajstić information content (AvgIpc) is 3.46. The number of alkyl halides is 3. The van der Waals surface area contributed by atoms with Gasteiger partial charge in [-0.1, -0.05) is 41.6 Å². The predicted octanol–water partition coefficient (Wildman–Crippen LogP) is 5.01. The number of ether oxygens (including phenoxy) is 1. The van der Waals surface area contributed by atoms with Crippen molar-refractivity contribution in [1.82, 2.24) is 15.0 Å². The zero-order valence-corrected chi connectivity index (χ0v) is 18.7. The quantitative estimate of drug-likeness (QED) is 0.340. The predicted molar refractivity (Wildman–Crippen MR) is 118 cm³/mol. The van der Waals surface area contributed by atoms with Crippen LogP contribution < -0.4 is 0 Å². The van der Waals surface area contributed by atoms with Gasteiger partial charge in [-0.3, -0.25) is 4.79 Å². The Balaban J connectivity index is 1.55. The molecule has 3 aromatic heterocycles. The Morgan fingerprint density at radius 3 is 2.59 bits per heavy atom. The maximum Gasteiger partial charge on any atom is 0.406 e. The fourth-order valence-corrected chi connectivity index (χ4v) is 4.04. The summed E-state index contributed by atoms with van der Waals surface area (Å²) in [6.45, 7) is -0.982. The summed E-state index contributed by atoms with van der Waals surface area (Å²) in [5.74, 6) is -1.86. The van der Waals surface area contributed by atoms with Crippen molar-refractivity contribution in [3.05, 3.63) is 70.7 Å². The smallest absolute Gasteiger partial charge is 0.406 e. The standard InChI is InChI=1S/C23H18F3N3O4S/c1-14-20-16(10-17(18-8-5-9-34-18)27-21(20)33-28-14)22(31)32-12-19(30)29(13-23(24,25)26)11-15-6-3-2-4-7-15/h2-10H,11-13H2,1H3. The van der Waals surface area contributed by atoms with Crippen molar-refractivity contribution in [3.8, 4) is 10.6 Å². The highest BCUT2D eigenvalue weighted by Crippen LogP contribution is 2.30. The first-order valence-electron chi connectivity index (χ1n) is 10.1. The van der Waals surface area contributed by atoms with Gasteiger partial charge >= 0.3 is 12.1 Å². The van der Waals surface area contributed by atoms with E-state index in [0.717, 1.165) is 4.88 Å². The number of hydrogen-bond donors (Lipinski definition) is 0. The van der Waals surface area contributed by atoms with Gasteiger partial charge in [-0.2, -0.15) is 13.2 Å². The van der Waals surface area contributed by atoms with Crippen LogP contribution in [0.2, 0.25) is 0 Å². The maximum absolute atomic E-state index is 13.1. The van der Waals surface area contributed by atoms with Crippen molar-refractivity contribution in [3.63, 3.8) is 0 Å². The number of thiophene rings is 1. The topological polar surface area (TPSA) is 85.5 Å². The van der Waals surface area contributed by atoms with Crippen molar-refractivity contribution in [2.24, 2.45) is 0 Å². The number of carbonyl (C=O) groups is 2. The highest BCUT2D eigenvalue weighted by Gasteiger charge is 2.33. The lowest BCUT2D eigenvalue weighted by atomic mass is 10.1. The molecule has 0 saturated heterocycles. The van der Waals surface area contributed by atoms with E-state index in [4.69, 9.17) is 9.26 Å². The van der Waals surface area contributed by atoms with Crippen LogP contribution in [0.25, 0.3) is 21.7 Å². The Morgan fingerprint density at radius 2 is 1.91 bits per heavy atom. The molecule has 0 bridgehead atoms. The van der Waals surface area contributed by atoms with Crippen LogP contribution in [0.4, 0.5) is 13.2 Å². The summed E-state index contributed by atoms with van der Waals surface area (Å²) in [7, 11) is 0. The Morgan fingerprint density at radius 1 is 1.15 bits per heavy atom. The summed E-state index contributed by atoms with van der Waals surface area (Å²) < 4.78 is 49.5. The van der Waals surface area contributed by atoms with E-state index >= 15 is 0 Å². The SMILES string of the molecule is Cc1noc2nc(-c3cccs3)cc(C(=O)OCC(=O)N(Cc3ccccc3)CC(F)(F)F)c12. The molecule has 0 aliphatic heterocycles. The second kappa shape index (κ2) is 9.64. The molecule has 7 nitrogen and oxygen atoms in total. The van der Waals surface area contributed by atoms with Gasteiger partial charge in [0.2, 0.25) is 0 Å². The van der Waals surface area contributed by atoms with E-state index in [0.29, 0.717) is 27.2 Å². The molecule has 0 N–H and O–H groups in total. The van der Waals surface area contributed by atoms with Gasteiger partial charge in [0.15, 0.2) is 6.61 Å². The van der Waals surface area contributed by atoms with Gasteiger partial charge in [0.05, 0.1) is 27.2 Å². The van der Waals surface area contributed by atoms with E-state index in [2.05, 4.69) is 10.1 Å². The minimum atomic E-state index is -4.61. The summed E-state index contributed by atoms with van der Waals surface area (Å²) in [6.07, 6.45) is -4.61. The Kier molecular flexibility index (Phi) is 6.64. The molecule has 0 aliphatic rings. The molecule has 0 atom stereocenters. The molecule has 4 aromatic rings. The molecule has 1 amide bonds.